The predicted molar refractivity (Wildman–Crippen MR) is 109 cm³/mol. The zero-order valence-corrected chi connectivity index (χ0v) is 15.8. The molecular formula is C20H25ClN4O. The molecule has 0 aliphatic carbocycles. The number of hydrogen-bond acceptors (Lipinski definition) is 4. The molecule has 0 atom stereocenters. The molecule has 2 N–H and O–H groups in total. The second-order valence-electron chi connectivity index (χ2n) is 6.54. The minimum atomic E-state index is -0.0168. The number of hydrogen-bond donors (Lipinski definition) is 2. The Bertz CT molecular complexity index is 727. The van der Waals surface area contributed by atoms with Gasteiger partial charge in [-0.05, 0) is 43.4 Å². The molecular weight excluding hydrogens is 348 g/mol. The summed E-state index contributed by atoms with van der Waals surface area (Å²) in [5, 5.41) is 6.78. The first-order valence-electron chi connectivity index (χ1n) is 8.93. The molecule has 1 aliphatic heterocycles. The van der Waals surface area contributed by atoms with Crippen LogP contribution in [-0.4, -0.2) is 50.6 Å². The number of likely N-dealkylation sites (N-methyl/N-ethyl adjacent to an activating group) is 1. The first kappa shape index (κ1) is 18.5. The summed E-state index contributed by atoms with van der Waals surface area (Å²) in [6, 6.07) is 15.6. The number of nitrogens with one attached hydrogen (secondary N) is 2. The lowest BCUT2D eigenvalue weighted by Gasteiger charge is -2.34. The summed E-state index contributed by atoms with van der Waals surface area (Å²) in [5.74, 6) is -0.0168. The van der Waals surface area contributed by atoms with Crippen LogP contribution in [0.5, 0.6) is 0 Å². The fourth-order valence-electron chi connectivity index (χ4n) is 2.96. The van der Waals surface area contributed by atoms with Gasteiger partial charge in [-0.25, -0.2) is 0 Å². The smallest absolute Gasteiger partial charge is 0.226 e. The van der Waals surface area contributed by atoms with E-state index in [9.17, 15) is 4.79 Å². The topological polar surface area (TPSA) is 47.6 Å². The van der Waals surface area contributed by atoms with Crippen molar-refractivity contribution in [3.8, 4) is 0 Å². The third-order valence-electron chi connectivity index (χ3n) is 4.56. The first-order chi connectivity index (χ1) is 12.6. The lowest BCUT2D eigenvalue weighted by Crippen LogP contribution is -2.44. The number of nitrogens with zero attached hydrogens (tertiary/aromatic N) is 2. The summed E-state index contributed by atoms with van der Waals surface area (Å²) in [5.41, 5.74) is 2.88. The monoisotopic (exact) mass is 372 g/mol. The molecule has 138 valence electrons. The van der Waals surface area contributed by atoms with E-state index in [1.54, 1.807) is 0 Å². The summed E-state index contributed by atoms with van der Waals surface area (Å²) in [7, 11) is 2.15. The molecule has 5 nitrogen and oxygen atoms in total. The molecule has 2 aromatic carbocycles. The normalized spacial score (nSPS) is 14.9. The van der Waals surface area contributed by atoms with E-state index in [4.69, 9.17) is 11.6 Å². The van der Waals surface area contributed by atoms with Crippen molar-refractivity contribution in [1.29, 1.82) is 0 Å². The van der Waals surface area contributed by atoms with Crippen molar-refractivity contribution in [2.75, 3.05) is 55.3 Å². The summed E-state index contributed by atoms with van der Waals surface area (Å²) < 4.78 is 0. The zero-order valence-electron chi connectivity index (χ0n) is 15.0. The predicted octanol–water partition coefficient (Wildman–Crippen LogP) is 3.53. The lowest BCUT2D eigenvalue weighted by molar-refractivity contribution is -0.115. The molecule has 0 bridgehead atoms. The Kier molecular flexibility index (Phi) is 6.36. The Morgan fingerprint density at radius 2 is 1.73 bits per heavy atom. The van der Waals surface area contributed by atoms with Crippen molar-refractivity contribution in [2.24, 2.45) is 0 Å². The van der Waals surface area contributed by atoms with Crippen molar-refractivity contribution in [1.82, 2.24) is 4.90 Å². The van der Waals surface area contributed by atoms with Gasteiger partial charge >= 0.3 is 0 Å². The van der Waals surface area contributed by atoms with E-state index in [0.717, 1.165) is 37.6 Å². The van der Waals surface area contributed by atoms with E-state index in [1.165, 1.54) is 5.69 Å². The fraction of sp³-hybridized carbons (Fsp3) is 0.350. The minimum Gasteiger partial charge on any atom is -0.383 e. The van der Waals surface area contributed by atoms with Crippen LogP contribution in [0.25, 0.3) is 0 Å². The van der Waals surface area contributed by atoms with Crippen molar-refractivity contribution < 1.29 is 4.79 Å². The highest BCUT2D eigenvalue weighted by molar-refractivity contribution is 6.33. The summed E-state index contributed by atoms with van der Waals surface area (Å²) in [6.07, 6.45) is 0.380. The van der Waals surface area contributed by atoms with Gasteiger partial charge in [0.2, 0.25) is 5.91 Å². The van der Waals surface area contributed by atoms with E-state index in [2.05, 4.69) is 39.6 Å². The van der Waals surface area contributed by atoms with Crippen LogP contribution in [0.2, 0.25) is 5.02 Å². The number of carbonyl (C=O) groups is 1. The van der Waals surface area contributed by atoms with Crippen LogP contribution in [0.3, 0.4) is 0 Å². The van der Waals surface area contributed by atoms with Gasteiger partial charge in [0.1, 0.15) is 0 Å². The molecule has 0 unspecified atom stereocenters. The maximum Gasteiger partial charge on any atom is 0.226 e. The largest absolute Gasteiger partial charge is 0.383 e. The number of para-hydroxylation sites is 1. The van der Waals surface area contributed by atoms with Crippen LogP contribution in [0.1, 0.15) is 6.42 Å². The summed E-state index contributed by atoms with van der Waals surface area (Å²) in [4.78, 5) is 16.8. The van der Waals surface area contributed by atoms with E-state index in [-0.39, 0.29) is 5.91 Å². The number of anilines is 3. The molecule has 0 saturated carbocycles. The highest BCUT2D eigenvalue weighted by Gasteiger charge is 2.14. The van der Waals surface area contributed by atoms with Gasteiger partial charge in [0.05, 0.1) is 10.7 Å². The number of benzene rings is 2. The van der Waals surface area contributed by atoms with Crippen molar-refractivity contribution in [2.45, 2.75) is 6.42 Å². The lowest BCUT2D eigenvalue weighted by atomic mass is 10.2. The SMILES string of the molecule is CN1CCN(c2ccc(NC(=O)CCNc3ccccc3Cl)cc2)CC1. The molecule has 0 radical (unpaired) electrons. The Balaban J connectivity index is 1.45. The van der Waals surface area contributed by atoms with Crippen molar-refractivity contribution in [3.63, 3.8) is 0 Å². The van der Waals surface area contributed by atoms with Crippen LogP contribution < -0.4 is 15.5 Å². The average molecular weight is 373 g/mol. The van der Waals surface area contributed by atoms with Gasteiger partial charge in [0.15, 0.2) is 0 Å². The Morgan fingerprint density at radius 1 is 1.04 bits per heavy atom. The second kappa shape index (κ2) is 8.92. The molecule has 6 heteroatoms. The van der Waals surface area contributed by atoms with E-state index in [0.29, 0.717) is 18.0 Å². The van der Waals surface area contributed by atoms with Gasteiger partial charge in [-0.1, -0.05) is 23.7 Å². The van der Waals surface area contributed by atoms with Crippen molar-refractivity contribution >= 4 is 34.6 Å². The highest BCUT2D eigenvalue weighted by atomic mass is 35.5. The number of carbonyl (C=O) groups excluding carboxylic acids is 1. The van der Waals surface area contributed by atoms with Crippen LogP contribution in [0, 0.1) is 0 Å². The number of amides is 1. The second-order valence-corrected chi connectivity index (χ2v) is 6.95. The molecule has 1 saturated heterocycles. The van der Waals surface area contributed by atoms with Crippen LogP contribution in [-0.2, 0) is 4.79 Å². The maximum atomic E-state index is 12.1. The molecule has 1 amide bonds. The molecule has 3 rings (SSSR count). The molecule has 26 heavy (non-hydrogen) atoms. The van der Waals surface area contributed by atoms with Gasteiger partial charge < -0.3 is 20.4 Å². The van der Waals surface area contributed by atoms with Crippen LogP contribution in [0.15, 0.2) is 48.5 Å². The Labute approximate surface area is 159 Å². The molecule has 1 aliphatic rings. The highest BCUT2D eigenvalue weighted by Crippen LogP contribution is 2.21. The quantitative estimate of drug-likeness (QED) is 0.814. The Hall–Kier alpha value is -2.24. The molecule has 2 aromatic rings. The molecule has 0 spiro atoms. The molecule has 1 fully saturated rings. The van der Waals surface area contributed by atoms with Crippen LogP contribution in [0.4, 0.5) is 17.1 Å². The van der Waals surface area contributed by atoms with E-state index >= 15 is 0 Å². The van der Waals surface area contributed by atoms with Gasteiger partial charge in [-0.3, -0.25) is 4.79 Å². The maximum absolute atomic E-state index is 12.1. The third kappa shape index (κ3) is 5.13. The summed E-state index contributed by atoms with van der Waals surface area (Å²) >= 11 is 6.09. The Morgan fingerprint density at radius 3 is 2.42 bits per heavy atom. The van der Waals surface area contributed by atoms with E-state index < -0.39 is 0 Å². The number of halogens is 1. The van der Waals surface area contributed by atoms with Gasteiger partial charge in [0, 0.05) is 50.5 Å². The van der Waals surface area contributed by atoms with Crippen LogP contribution >= 0.6 is 11.6 Å². The average Bonchev–Trinajstić information content (AvgIpc) is 2.65. The van der Waals surface area contributed by atoms with Gasteiger partial charge in [-0.15, -0.1) is 0 Å². The first-order valence-corrected chi connectivity index (χ1v) is 9.31. The van der Waals surface area contributed by atoms with Gasteiger partial charge in [-0.2, -0.15) is 0 Å². The van der Waals surface area contributed by atoms with Crippen molar-refractivity contribution in [3.05, 3.63) is 53.6 Å². The zero-order chi connectivity index (χ0) is 18.4. The number of rotatable bonds is 6. The third-order valence-corrected chi connectivity index (χ3v) is 4.89. The van der Waals surface area contributed by atoms with Gasteiger partial charge in [0.25, 0.3) is 0 Å². The molecule has 0 aromatic heterocycles. The van der Waals surface area contributed by atoms with E-state index in [1.807, 2.05) is 36.4 Å². The number of piperazine rings is 1. The fourth-order valence-corrected chi connectivity index (χ4v) is 3.16. The summed E-state index contributed by atoms with van der Waals surface area (Å²) in [6.45, 7) is 4.77. The molecule has 1 heterocycles. The minimum absolute atomic E-state index is 0.0168. The standard InChI is InChI=1S/C20H25ClN4O/c1-24-12-14-25(15-13-24)17-8-6-16(7-9-17)23-20(26)10-11-22-19-5-3-2-4-18(19)21/h2-9,22H,10-15H2,1H3,(H,23,26).